The fourth-order valence-electron chi connectivity index (χ4n) is 3.12. The Morgan fingerprint density at radius 1 is 1.25 bits per heavy atom. The van der Waals surface area contributed by atoms with Crippen molar-refractivity contribution in [2.24, 2.45) is 5.41 Å². The maximum Gasteiger partial charge on any atom is 0.339 e. The molecule has 20 heavy (non-hydrogen) atoms. The first-order valence-corrected chi connectivity index (χ1v) is 6.68. The van der Waals surface area contributed by atoms with Crippen LogP contribution in [-0.2, 0) is 17.6 Å². The van der Waals surface area contributed by atoms with Crippen LogP contribution in [0.25, 0.3) is 10.9 Å². The molecule has 3 rings (SSSR count). The number of aromatic nitrogens is 1. The van der Waals surface area contributed by atoms with Gasteiger partial charge in [-0.25, -0.2) is 4.79 Å². The molecule has 4 nitrogen and oxygen atoms in total. The molecule has 0 amide bonds. The quantitative estimate of drug-likeness (QED) is 0.810. The minimum absolute atomic E-state index is 0.0882. The molecule has 0 bridgehead atoms. The van der Waals surface area contributed by atoms with Crippen molar-refractivity contribution in [3.63, 3.8) is 0 Å². The summed E-state index contributed by atoms with van der Waals surface area (Å²) in [6, 6.07) is 5.47. The van der Waals surface area contributed by atoms with Crippen molar-refractivity contribution in [3.05, 3.63) is 45.2 Å². The van der Waals surface area contributed by atoms with E-state index >= 15 is 0 Å². The van der Waals surface area contributed by atoms with Gasteiger partial charge in [-0.15, -0.1) is 0 Å². The van der Waals surface area contributed by atoms with Gasteiger partial charge >= 0.3 is 5.97 Å². The molecular formula is C16H17NO3. The van der Waals surface area contributed by atoms with Crippen LogP contribution in [0.2, 0.25) is 0 Å². The lowest BCUT2D eigenvalue weighted by atomic mass is 9.90. The van der Waals surface area contributed by atoms with E-state index < -0.39 is 5.97 Å². The SMILES string of the molecule is COC(=O)c1cccc2c3c(c(=O)[nH]c12)CC(C)(C)C3. The van der Waals surface area contributed by atoms with E-state index in [-0.39, 0.29) is 11.0 Å². The first-order chi connectivity index (χ1) is 9.43. The topological polar surface area (TPSA) is 59.2 Å². The van der Waals surface area contributed by atoms with Gasteiger partial charge in [0.2, 0.25) is 0 Å². The van der Waals surface area contributed by atoms with Crippen molar-refractivity contribution in [1.82, 2.24) is 4.98 Å². The molecule has 1 aromatic heterocycles. The number of rotatable bonds is 1. The maximum atomic E-state index is 12.3. The lowest BCUT2D eigenvalue weighted by Crippen LogP contribution is -2.16. The number of hydrogen-bond acceptors (Lipinski definition) is 3. The molecule has 2 aromatic rings. The third-order valence-corrected chi connectivity index (χ3v) is 3.98. The Morgan fingerprint density at radius 2 is 1.95 bits per heavy atom. The number of ether oxygens (including phenoxy) is 1. The Bertz CT molecular complexity index is 771. The summed E-state index contributed by atoms with van der Waals surface area (Å²) >= 11 is 0. The van der Waals surface area contributed by atoms with Gasteiger partial charge in [-0.05, 0) is 29.9 Å². The summed E-state index contributed by atoms with van der Waals surface area (Å²) in [4.78, 5) is 26.9. The molecular weight excluding hydrogens is 254 g/mol. The highest BCUT2D eigenvalue weighted by Gasteiger charge is 2.32. The number of hydrogen-bond donors (Lipinski definition) is 1. The number of fused-ring (bicyclic) bond motifs is 3. The number of H-pyrrole nitrogens is 1. The van der Waals surface area contributed by atoms with Gasteiger partial charge < -0.3 is 9.72 Å². The van der Waals surface area contributed by atoms with Gasteiger partial charge in [-0.3, -0.25) is 4.79 Å². The lowest BCUT2D eigenvalue weighted by Gasteiger charge is -2.14. The third-order valence-electron chi connectivity index (χ3n) is 3.98. The van der Waals surface area contributed by atoms with E-state index in [0.29, 0.717) is 11.1 Å². The third kappa shape index (κ3) is 1.83. The largest absolute Gasteiger partial charge is 0.465 e. The van der Waals surface area contributed by atoms with Gasteiger partial charge in [0.15, 0.2) is 0 Å². The molecule has 0 radical (unpaired) electrons. The Hall–Kier alpha value is -2.10. The number of nitrogens with one attached hydrogen (secondary N) is 1. The molecule has 104 valence electrons. The number of aromatic amines is 1. The fourth-order valence-corrected chi connectivity index (χ4v) is 3.12. The zero-order valence-corrected chi connectivity index (χ0v) is 11.9. The number of esters is 1. The molecule has 4 heteroatoms. The summed E-state index contributed by atoms with van der Waals surface area (Å²) in [6.07, 6.45) is 1.63. The highest BCUT2D eigenvalue weighted by molar-refractivity contribution is 6.03. The molecule has 1 N–H and O–H groups in total. The van der Waals surface area contributed by atoms with E-state index in [2.05, 4.69) is 18.8 Å². The second-order valence-corrected chi connectivity index (χ2v) is 6.15. The molecule has 1 aliphatic carbocycles. The number of pyridine rings is 1. The van der Waals surface area contributed by atoms with Gasteiger partial charge in [-0.1, -0.05) is 26.0 Å². The Balaban J connectivity index is 2.35. The Kier molecular flexibility index (Phi) is 2.71. The van der Waals surface area contributed by atoms with Gasteiger partial charge in [0.1, 0.15) is 0 Å². The molecule has 1 aromatic carbocycles. The van der Waals surface area contributed by atoms with Gasteiger partial charge in [-0.2, -0.15) is 0 Å². The molecule has 0 aliphatic heterocycles. The van der Waals surface area contributed by atoms with Crippen LogP contribution in [0, 0.1) is 5.41 Å². The van der Waals surface area contributed by atoms with Crippen LogP contribution in [0.3, 0.4) is 0 Å². The molecule has 0 saturated carbocycles. The number of carbonyl (C=O) groups excluding carboxylic acids is 1. The van der Waals surface area contributed by atoms with E-state index in [0.717, 1.165) is 29.4 Å². The highest BCUT2D eigenvalue weighted by atomic mass is 16.5. The summed E-state index contributed by atoms with van der Waals surface area (Å²) in [7, 11) is 1.34. The van der Waals surface area contributed by atoms with Crippen LogP contribution in [0.1, 0.15) is 35.3 Å². The molecule has 0 atom stereocenters. The molecule has 0 unspecified atom stereocenters. The molecule has 1 heterocycles. The average Bonchev–Trinajstić information content (AvgIpc) is 2.74. The average molecular weight is 271 g/mol. The first kappa shape index (κ1) is 12.9. The van der Waals surface area contributed by atoms with Crippen molar-refractivity contribution in [3.8, 4) is 0 Å². The monoisotopic (exact) mass is 271 g/mol. The van der Waals surface area contributed by atoms with E-state index in [9.17, 15) is 9.59 Å². The van der Waals surface area contributed by atoms with Crippen molar-refractivity contribution in [1.29, 1.82) is 0 Å². The van der Waals surface area contributed by atoms with Crippen molar-refractivity contribution < 1.29 is 9.53 Å². The zero-order chi connectivity index (χ0) is 14.5. The Morgan fingerprint density at radius 3 is 2.65 bits per heavy atom. The van der Waals surface area contributed by atoms with Gasteiger partial charge in [0.05, 0.1) is 18.2 Å². The van der Waals surface area contributed by atoms with Crippen molar-refractivity contribution in [2.45, 2.75) is 26.7 Å². The summed E-state index contributed by atoms with van der Waals surface area (Å²) in [5.41, 5.74) is 2.92. The maximum absolute atomic E-state index is 12.3. The predicted molar refractivity (Wildman–Crippen MR) is 77.1 cm³/mol. The highest BCUT2D eigenvalue weighted by Crippen LogP contribution is 2.37. The standard InChI is InChI=1S/C16H17NO3/c1-16(2)7-11-9-5-4-6-10(15(19)20-3)13(9)17-14(18)12(11)8-16/h4-6H,7-8H2,1-3H3,(H,17,18). The van der Waals surface area contributed by atoms with E-state index in [1.807, 2.05) is 12.1 Å². The lowest BCUT2D eigenvalue weighted by molar-refractivity contribution is 0.0603. The minimum Gasteiger partial charge on any atom is -0.465 e. The second-order valence-electron chi connectivity index (χ2n) is 6.15. The second kappa shape index (κ2) is 4.20. The van der Waals surface area contributed by atoms with Crippen LogP contribution in [0.4, 0.5) is 0 Å². The molecule has 0 spiro atoms. The predicted octanol–water partition coefficient (Wildman–Crippen LogP) is 2.44. The summed E-state index contributed by atoms with van der Waals surface area (Å²) in [5.74, 6) is -0.427. The van der Waals surface area contributed by atoms with E-state index in [1.54, 1.807) is 6.07 Å². The van der Waals surface area contributed by atoms with Crippen LogP contribution < -0.4 is 5.56 Å². The number of methoxy groups -OCH3 is 1. The molecule has 0 fully saturated rings. The van der Waals surface area contributed by atoms with Gasteiger partial charge in [0, 0.05) is 10.9 Å². The zero-order valence-electron chi connectivity index (χ0n) is 11.9. The first-order valence-electron chi connectivity index (χ1n) is 6.68. The normalized spacial score (nSPS) is 16.1. The van der Waals surface area contributed by atoms with Gasteiger partial charge in [0.25, 0.3) is 5.56 Å². The van der Waals surface area contributed by atoms with Crippen LogP contribution in [0.15, 0.2) is 23.0 Å². The van der Waals surface area contributed by atoms with Crippen molar-refractivity contribution >= 4 is 16.9 Å². The summed E-state index contributed by atoms with van der Waals surface area (Å²) < 4.78 is 4.78. The van der Waals surface area contributed by atoms with Crippen molar-refractivity contribution in [2.75, 3.05) is 7.11 Å². The smallest absolute Gasteiger partial charge is 0.339 e. The fraction of sp³-hybridized carbons (Fsp3) is 0.375. The molecule has 0 saturated heterocycles. The Labute approximate surface area is 116 Å². The van der Waals surface area contributed by atoms with Crippen LogP contribution in [-0.4, -0.2) is 18.1 Å². The summed E-state index contributed by atoms with van der Waals surface area (Å²) in [5, 5.41) is 0.952. The number of benzene rings is 1. The number of para-hydroxylation sites is 1. The summed E-state index contributed by atoms with van der Waals surface area (Å²) in [6.45, 7) is 4.31. The van der Waals surface area contributed by atoms with E-state index in [4.69, 9.17) is 4.74 Å². The van der Waals surface area contributed by atoms with Crippen LogP contribution in [0.5, 0.6) is 0 Å². The minimum atomic E-state index is -0.427. The van der Waals surface area contributed by atoms with E-state index in [1.165, 1.54) is 7.11 Å². The van der Waals surface area contributed by atoms with Crippen LogP contribution >= 0.6 is 0 Å². The number of carbonyl (C=O) groups is 1. The molecule has 1 aliphatic rings.